The molecule has 2 heteroatoms. The van der Waals surface area contributed by atoms with Crippen LogP contribution in [0, 0.1) is 12.3 Å². The highest BCUT2D eigenvalue weighted by molar-refractivity contribution is 5.47. The molecule has 1 aliphatic rings. The van der Waals surface area contributed by atoms with Crippen LogP contribution < -0.4 is 10.6 Å². The van der Waals surface area contributed by atoms with Crippen LogP contribution in [0.4, 0.5) is 5.69 Å². The van der Waals surface area contributed by atoms with Crippen LogP contribution in [0.5, 0.6) is 0 Å². The molecule has 1 saturated carbocycles. The quantitative estimate of drug-likeness (QED) is 0.845. The SMILES string of the molecule is CCN(CCC1(CN)CCCCC1)c1ccc(C)cc1. The Kier molecular flexibility index (Phi) is 5.47. The minimum atomic E-state index is 0.413. The Labute approximate surface area is 124 Å². The maximum absolute atomic E-state index is 6.11. The maximum Gasteiger partial charge on any atom is 0.0366 e. The van der Waals surface area contributed by atoms with E-state index in [1.807, 2.05) is 0 Å². The summed E-state index contributed by atoms with van der Waals surface area (Å²) in [5, 5.41) is 0. The molecular formula is C18H30N2. The predicted octanol–water partition coefficient (Wildman–Crippen LogP) is 4.12. The van der Waals surface area contributed by atoms with Crippen molar-refractivity contribution in [3.8, 4) is 0 Å². The minimum Gasteiger partial charge on any atom is -0.372 e. The van der Waals surface area contributed by atoms with Crippen LogP contribution in [0.2, 0.25) is 0 Å². The number of rotatable bonds is 6. The molecule has 0 saturated heterocycles. The first kappa shape index (κ1) is 15.4. The zero-order chi connectivity index (χ0) is 14.4. The second kappa shape index (κ2) is 7.12. The lowest BCUT2D eigenvalue weighted by Gasteiger charge is -2.38. The van der Waals surface area contributed by atoms with Crippen LogP contribution >= 0.6 is 0 Å². The van der Waals surface area contributed by atoms with Gasteiger partial charge in [-0.2, -0.15) is 0 Å². The van der Waals surface area contributed by atoms with Crippen molar-refractivity contribution in [2.24, 2.45) is 11.1 Å². The molecule has 0 radical (unpaired) electrons. The van der Waals surface area contributed by atoms with Gasteiger partial charge in [0.25, 0.3) is 0 Å². The molecular weight excluding hydrogens is 244 g/mol. The Morgan fingerprint density at radius 3 is 2.30 bits per heavy atom. The van der Waals surface area contributed by atoms with E-state index in [1.165, 1.54) is 49.8 Å². The molecule has 2 nitrogen and oxygen atoms in total. The third kappa shape index (κ3) is 3.76. The molecule has 0 spiro atoms. The van der Waals surface area contributed by atoms with Gasteiger partial charge >= 0.3 is 0 Å². The molecule has 1 fully saturated rings. The van der Waals surface area contributed by atoms with Crippen molar-refractivity contribution in [3.05, 3.63) is 29.8 Å². The second-order valence-corrected chi connectivity index (χ2v) is 6.43. The van der Waals surface area contributed by atoms with Crippen molar-refractivity contribution < 1.29 is 0 Å². The smallest absolute Gasteiger partial charge is 0.0366 e. The topological polar surface area (TPSA) is 29.3 Å². The molecule has 0 aliphatic heterocycles. The Morgan fingerprint density at radius 1 is 1.10 bits per heavy atom. The second-order valence-electron chi connectivity index (χ2n) is 6.43. The van der Waals surface area contributed by atoms with Gasteiger partial charge in [0.15, 0.2) is 0 Å². The maximum atomic E-state index is 6.11. The van der Waals surface area contributed by atoms with Gasteiger partial charge in [0.05, 0.1) is 0 Å². The molecule has 0 amide bonds. The number of aryl methyl sites for hydroxylation is 1. The van der Waals surface area contributed by atoms with Crippen molar-refractivity contribution in [1.82, 2.24) is 0 Å². The summed E-state index contributed by atoms with van der Waals surface area (Å²) in [6.07, 6.45) is 8.04. The van der Waals surface area contributed by atoms with Crippen LogP contribution in [-0.2, 0) is 0 Å². The van der Waals surface area contributed by atoms with Gasteiger partial charge in [0.1, 0.15) is 0 Å². The fourth-order valence-electron chi connectivity index (χ4n) is 3.46. The highest BCUT2D eigenvalue weighted by Crippen LogP contribution is 2.38. The van der Waals surface area contributed by atoms with Crippen molar-refractivity contribution in [1.29, 1.82) is 0 Å². The molecule has 2 N–H and O–H groups in total. The number of hydrogen-bond acceptors (Lipinski definition) is 2. The summed E-state index contributed by atoms with van der Waals surface area (Å²) in [6, 6.07) is 8.90. The van der Waals surface area contributed by atoms with Gasteiger partial charge in [-0.25, -0.2) is 0 Å². The van der Waals surface area contributed by atoms with Crippen LogP contribution in [0.1, 0.15) is 51.0 Å². The largest absolute Gasteiger partial charge is 0.372 e. The lowest BCUT2D eigenvalue weighted by atomic mass is 9.72. The van der Waals surface area contributed by atoms with Crippen molar-refractivity contribution >= 4 is 5.69 Å². The molecule has 112 valence electrons. The first-order valence-corrected chi connectivity index (χ1v) is 8.21. The van der Waals surface area contributed by atoms with Gasteiger partial charge in [0, 0.05) is 18.8 Å². The van der Waals surface area contributed by atoms with Gasteiger partial charge in [0.2, 0.25) is 0 Å². The van der Waals surface area contributed by atoms with E-state index in [-0.39, 0.29) is 0 Å². The van der Waals surface area contributed by atoms with E-state index >= 15 is 0 Å². The van der Waals surface area contributed by atoms with Crippen molar-refractivity contribution in [2.45, 2.75) is 52.4 Å². The van der Waals surface area contributed by atoms with Crippen LogP contribution in [0.3, 0.4) is 0 Å². The van der Waals surface area contributed by atoms with E-state index in [4.69, 9.17) is 5.73 Å². The first-order chi connectivity index (χ1) is 9.69. The molecule has 0 unspecified atom stereocenters. The van der Waals surface area contributed by atoms with Gasteiger partial charge < -0.3 is 10.6 Å². The zero-order valence-corrected chi connectivity index (χ0v) is 13.2. The molecule has 0 bridgehead atoms. The molecule has 1 aliphatic carbocycles. The molecule has 0 heterocycles. The van der Waals surface area contributed by atoms with E-state index in [9.17, 15) is 0 Å². The summed E-state index contributed by atoms with van der Waals surface area (Å²) in [7, 11) is 0. The number of nitrogens with two attached hydrogens (primary N) is 1. The number of hydrogen-bond donors (Lipinski definition) is 1. The van der Waals surface area contributed by atoms with E-state index < -0.39 is 0 Å². The average Bonchev–Trinajstić information content (AvgIpc) is 2.50. The Balaban J connectivity index is 1.97. The van der Waals surface area contributed by atoms with Gasteiger partial charge in [-0.3, -0.25) is 0 Å². The van der Waals surface area contributed by atoms with E-state index in [0.717, 1.165) is 19.6 Å². The normalized spacial score (nSPS) is 17.9. The summed E-state index contributed by atoms with van der Waals surface area (Å²) in [6.45, 7) is 7.46. The highest BCUT2D eigenvalue weighted by Gasteiger charge is 2.30. The summed E-state index contributed by atoms with van der Waals surface area (Å²) in [5.74, 6) is 0. The first-order valence-electron chi connectivity index (χ1n) is 8.21. The Morgan fingerprint density at radius 2 is 1.75 bits per heavy atom. The third-order valence-electron chi connectivity index (χ3n) is 5.04. The Bertz CT molecular complexity index is 390. The van der Waals surface area contributed by atoms with E-state index in [0.29, 0.717) is 5.41 Å². The molecule has 2 rings (SSSR count). The van der Waals surface area contributed by atoms with Gasteiger partial charge in [-0.1, -0.05) is 37.0 Å². The number of benzene rings is 1. The van der Waals surface area contributed by atoms with Crippen LogP contribution in [-0.4, -0.2) is 19.6 Å². The van der Waals surface area contributed by atoms with E-state index in [2.05, 4.69) is 43.0 Å². The Hall–Kier alpha value is -1.02. The monoisotopic (exact) mass is 274 g/mol. The highest BCUT2D eigenvalue weighted by atomic mass is 15.1. The molecule has 20 heavy (non-hydrogen) atoms. The minimum absolute atomic E-state index is 0.413. The van der Waals surface area contributed by atoms with Gasteiger partial charge in [-0.15, -0.1) is 0 Å². The molecule has 1 aromatic carbocycles. The fourth-order valence-corrected chi connectivity index (χ4v) is 3.46. The number of nitrogens with zero attached hydrogens (tertiary/aromatic N) is 1. The lowest BCUT2D eigenvalue weighted by Crippen LogP contribution is -2.37. The van der Waals surface area contributed by atoms with Gasteiger partial charge in [-0.05, 0) is 57.2 Å². The van der Waals surface area contributed by atoms with Crippen LogP contribution in [0.15, 0.2) is 24.3 Å². The van der Waals surface area contributed by atoms with Crippen LogP contribution in [0.25, 0.3) is 0 Å². The third-order valence-corrected chi connectivity index (χ3v) is 5.04. The van der Waals surface area contributed by atoms with Crippen molar-refractivity contribution in [3.63, 3.8) is 0 Å². The van der Waals surface area contributed by atoms with E-state index in [1.54, 1.807) is 0 Å². The summed E-state index contributed by atoms with van der Waals surface area (Å²) in [4.78, 5) is 2.49. The predicted molar refractivity (Wildman–Crippen MR) is 88.3 cm³/mol. The van der Waals surface area contributed by atoms with Crippen molar-refractivity contribution in [2.75, 3.05) is 24.5 Å². The molecule has 0 atom stereocenters. The summed E-state index contributed by atoms with van der Waals surface area (Å²) >= 11 is 0. The molecule has 1 aromatic rings. The molecule has 0 aromatic heterocycles. The standard InChI is InChI=1S/C18H30N2/c1-3-20(17-9-7-16(2)8-10-17)14-13-18(15-19)11-5-4-6-12-18/h7-10H,3-6,11-15,19H2,1-2H3. The fraction of sp³-hybridized carbons (Fsp3) is 0.667. The summed E-state index contributed by atoms with van der Waals surface area (Å²) in [5.41, 5.74) is 9.20. The lowest BCUT2D eigenvalue weighted by molar-refractivity contribution is 0.185. The number of anilines is 1. The summed E-state index contributed by atoms with van der Waals surface area (Å²) < 4.78 is 0. The zero-order valence-electron chi connectivity index (χ0n) is 13.2. The average molecular weight is 274 g/mol.